The molecule has 2 aromatic carbocycles. The maximum atomic E-state index is 12.4. The summed E-state index contributed by atoms with van der Waals surface area (Å²) in [6, 6.07) is 15.7. The molecule has 1 aromatic heterocycles. The molecule has 0 atom stereocenters. The highest BCUT2D eigenvalue weighted by Gasteiger charge is 2.15. The molecule has 3 aromatic rings. The Morgan fingerprint density at radius 3 is 2.60 bits per heavy atom. The molecule has 0 saturated heterocycles. The first-order valence-corrected chi connectivity index (χ1v) is 10.2. The van der Waals surface area contributed by atoms with Crippen molar-refractivity contribution in [3.63, 3.8) is 0 Å². The lowest BCUT2D eigenvalue weighted by molar-refractivity contribution is 0.102. The fourth-order valence-corrected chi connectivity index (χ4v) is 3.88. The summed E-state index contributed by atoms with van der Waals surface area (Å²) in [5.41, 5.74) is 2.03. The number of nitrogens with one attached hydrogen (secondary N) is 1. The van der Waals surface area contributed by atoms with Crippen molar-refractivity contribution in [3.05, 3.63) is 65.5 Å². The number of nitrogens with zero attached hydrogens (tertiary/aromatic N) is 1. The fraction of sp³-hybridized carbons (Fsp3) is 0.111. The van der Waals surface area contributed by atoms with Gasteiger partial charge in [-0.3, -0.25) is 10.1 Å². The monoisotopic (exact) mass is 372 g/mol. The molecule has 0 aliphatic heterocycles. The van der Waals surface area contributed by atoms with Gasteiger partial charge in [0.25, 0.3) is 5.91 Å². The van der Waals surface area contributed by atoms with Gasteiger partial charge in [0.15, 0.2) is 15.0 Å². The van der Waals surface area contributed by atoms with Crippen LogP contribution >= 0.6 is 11.3 Å². The zero-order valence-corrected chi connectivity index (χ0v) is 15.1. The van der Waals surface area contributed by atoms with E-state index in [9.17, 15) is 13.2 Å². The third kappa shape index (κ3) is 3.94. The van der Waals surface area contributed by atoms with E-state index in [4.69, 9.17) is 0 Å². The smallest absolute Gasteiger partial charge is 0.257 e. The third-order valence-electron chi connectivity index (χ3n) is 3.63. The summed E-state index contributed by atoms with van der Waals surface area (Å²) in [4.78, 5) is 16.9. The van der Waals surface area contributed by atoms with E-state index in [1.165, 1.54) is 23.5 Å². The van der Waals surface area contributed by atoms with Crippen molar-refractivity contribution in [2.24, 2.45) is 0 Å². The Hall–Kier alpha value is -2.51. The van der Waals surface area contributed by atoms with Gasteiger partial charge < -0.3 is 0 Å². The number of benzene rings is 2. The van der Waals surface area contributed by atoms with Crippen molar-refractivity contribution in [2.75, 3.05) is 11.1 Å². The summed E-state index contributed by atoms with van der Waals surface area (Å²) in [5, 5.41) is 5.05. The van der Waals surface area contributed by atoms with Crippen molar-refractivity contribution in [2.45, 2.75) is 11.8 Å². The molecule has 0 aliphatic rings. The first-order chi connectivity index (χ1) is 12.0. The van der Waals surface area contributed by atoms with Gasteiger partial charge in [-0.1, -0.05) is 43.3 Å². The zero-order valence-electron chi connectivity index (χ0n) is 13.5. The lowest BCUT2D eigenvalue weighted by atomic mass is 10.2. The number of anilines is 1. The summed E-state index contributed by atoms with van der Waals surface area (Å²) in [7, 11) is -3.35. The van der Waals surface area contributed by atoms with E-state index in [1.54, 1.807) is 19.1 Å². The first kappa shape index (κ1) is 17.3. The van der Waals surface area contributed by atoms with Crippen LogP contribution in [0.3, 0.4) is 0 Å². The van der Waals surface area contributed by atoms with E-state index < -0.39 is 9.84 Å². The number of sulfone groups is 1. The number of thiazole rings is 1. The molecule has 25 heavy (non-hydrogen) atoms. The molecule has 0 unspecified atom stereocenters. The van der Waals surface area contributed by atoms with Crippen LogP contribution in [-0.2, 0) is 9.84 Å². The molecule has 0 fully saturated rings. The Morgan fingerprint density at radius 2 is 1.88 bits per heavy atom. The molecule has 7 heteroatoms. The lowest BCUT2D eigenvalue weighted by Gasteiger charge is -2.05. The van der Waals surface area contributed by atoms with Crippen LogP contribution in [0.25, 0.3) is 11.3 Å². The van der Waals surface area contributed by atoms with Crippen LogP contribution in [-0.4, -0.2) is 25.1 Å². The van der Waals surface area contributed by atoms with Crippen LogP contribution in [0.4, 0.5) is 5.13 Å². The van der Waals surface area contributed by atoms with E-state index in [-0.39, 0.29) is 22.1 Å². The number of hydrogen-bond donors (Lipinski definition) is 1. The lowest BCUT2D eigenvalue weighted by Crippen LogP contribution is -2.13. The van der Waals surface area contributed by atoms with E-state index in [0.29, 0.717) is 5.13 Å². The normalized spacial score (nSPS) is 11.2. The van der Waals surface area contributed by atoms with Gasteiger partial charge in [0.2, 0.25) is 0 Å². The van der Waals surface area contributed by atoms with E-state index in [2.05, 4.69) is 10.3 Å². The molecule has 1 heterocycles. The molecule has 3 rings (SSSR count). The summed E-state index contributed by atoms with van der Waals surface area (Å²) in [5.74, 6) is -0.396. The van der Waals surface area contributed by atoms with E-state index in [0.717, 1.165) is 11.3 Å². The van der Waals surface area contributed by atoms with Crippen LogP contribution in [0.15, 0.2) is 64.9 Å². The highest BCUT2D eigenvalue weighted by atomic mass is 32.2. The predicted octanol–water partition coefficient (Wildman–Crippen LogP) is 3.86. The molecular weight excluding hydrogens is 356 g/mol. The second-order valence-electron chi connectivity index (χ2n) is 5.29. The molecule has 0 spiro atoms. The van der Waals surface area contributed by atoms with Gasteiger partial charge in [0, 0.05) is 16.5 Å². The predicted molar refractivity (Wildman–Crippen MR) is 99.7 cm³/mol. The molecule has 1 N–H and O–H groups in total. The Bertz CT molecular complexity index is 996. The average Bonchev–Trinajstić information content (AvgIpc) is 3.11. The van der Waals surface area contributed by atoms with Gasteiger partial charge in [0.1, 0.15) is 0 Å². The maximum Gasteiger partial charge on any atom is 0.257 e. The van der Waals surface area contributed by atoms with Crippen molar-refractivity contribution in [3.8, 4) is 11.3 Å². The Balaban J connectivity index is 1.80. The molecule has 0 bridgehead atoms. The van der Waals surface area contributed by atoms with Crippen LogP contribution in [0.2, 0.25) is 0 Å². The second kappa shape index (κ2) is 7.16. The minimum Gasteiger partial charge on any atom is -0.298 e. The molecule has 0 aliphatic carbocycles. The van der Waals surface area contributed by atoms with Crippen molar-refractivity contribution in [1.82, 2.24) is 4.98 Å². The molecular formula is C18H16N2O3S2. The van der Waals surface area contributed by atoms with Crippen molar-refractivity contribution >= 4 is 32.2 Å². The first-order valence-electron chi connectivity index (χ1n) is 7.65. The zero-order chi connectivity index (χ0) is 17.9. The van der Waals surface area contributed by atoms with Gasteiger partial charge in [-0.05, 0) is 18.2 Å². The summed E-state index contributed by atoms with van der Waals surface area (Å²) in [6.45, 7) is 1.57. The molecule has 128 valence electrons. The van der Waals surface area contributed by atoms with Crippen LogP contribution in [0, 0.1) is 0 Å². The van der Waals surface area contributed by atoms with Crippen LogP contribution in [0.1, 0.15) is 17.3 Å². The fourth-order valence-electron chi connectivity index (χ4n) is 2.24. The molecule has 5 nitrogen and oxygen atoms in total. The number of carbonyl (C=O) groups excluding carboxylic acids is 1. The number of carbonyl (C=O) groups is 1. The van der Waals surface area contributed by atoms with Gasteiger partial charge in [0.05, 0.1) is 16.3 Å². The number of hydrogen-bond acceptors (Lipinski definition) is 5. The number of aromatic nitrogens is 1. The summed E-state index contributed by atoms with van der Waals surface area (Å²) >= 11 is 1.32. The van der Waals surface area contributed by atoms with Crippen LogP contribution in [0.5, 0.6) is 0 Å². The Kier molecular flexibility index (Phi) is 4.96. The van der Waals surface area contributed by atoms with Gasteiger partial charge in [-0.15, -0.1) is 11.3 Å². The SMILES string of the molecule is CCS(=O)(=O)c1cccc(C(=O)Nc2nc(-c3ccccc3)cs2)c1. The molecule has 1 amide bonds. The van der Waals surface area contributed by atoms with Gasteiger partial charge in [-0.2, -0.15) is 0 Å². The second-order valence-corrected chi connectivity index (χ2v) is 8.43. The molecule has 0 radical (unpaired) electrons. The standard InChI is InChI=1S/C18H16N2O3S2/c1-2-25(22,23)15-10-6-9-14(11-15)17(21)20-18-19-16(12-24-18)13-7-4-3-5-8-13/h3-12H,2H2,1H3,(H,19,20,21). The highest BCUT2D eigenvalue weighted by molar-refractivity contribution is 7.91. The minimum absolute atomic E-state index is 0.00894. The molecule has 0 saturated carbocycles. The summed E-state index contributed by atoms with van der Waals surface area (Å²) < 4.78 is 23.9. The quantitative estimate of drug-likeness (QED) is 0.738. The third-order valence-corrected chi connectivity index (χ3v) is 6.12. The topological polar surface area (TPSA) is 76.1 Å². The Morgan fingerprint density at radius 1 is 1.12 bits per heavy atom. The van der Waals surface area contributed by atoms with Crippen molar-refractivity contribution in [1.29, 1.82) is 0 Å². The van der Waals surface area contributed by atoms with Gasteiger partial charge >= 0.3 is 0 Å². The average molecular weight is 372 g/mol. The maximum absolute atomic E-state index is 12.4. The van der Waals surface area contributed by atoms with E-state index >= 15 is 0 Å². The number of rotatable bonds is 5. The number of amides is 1. The van der Waals surface area contributed by atoms with E-state index in [1.807, 2.05) is 35.7 Å². The highest BCUT2D eigenvalue weighted by Crippen LogP contribution is 2.25. The van der Waals surface area contributed by atoms with Gasteiger partial charge in [-0.25, -0.2) is 13.4 Å². The largest absolute Gasteiger partial charge is 0.298 e. The van der Waals surface area contributed by atoms with Crippen LogP contribution < -0.4 is 5.32 Å². The minimum atomic E-state index is -3.35. The van der Waals surface area contributed by atoms with Crippen molar-refractivity contribution < 1.29 is 13.2 Å². The Labute approximate surface area is 150 Å². The summed E-state index contributed by atoms with van der Waals surface area (Å²) in [6.07, 6.45) is 0.